The van der Waals surface area contributed by atoms with Crippen LogP contribution in [0.15, 0.2) is 30.3 Å². The number of carbonyl (C=O) groups excluding carboxylic acids is 3. The van der Waals surface area contributed by atoms with Crippen molar-refractivity contribution in [2.24, 2.45) is 0 Å². The highest BCUT2D eigenvalue weighted by atomic mass is 16.7. The third kappa shape index (κ3) is 29.8. The van der Waals surface area contributed by atoms with Crippen molar-refractivity contribution >= 4 is 17.8 Å². The van der Waals surface area contributed by atoms with E-state index in [-0.39, 0.29) is 31.3 Å². The van der Waals surface area contributed by atoms with Gasteiger partial charge in [0.15, 0.2) is 12.4 Å². The van der Waals surface area contributed by atoms with E-state index in [0.717, 1.165) is 63.4 Å². The van der Waals surface area contributed by atoms with Crippen LogP contribution < -0.4 is 5.32 Å². The quantitative estimate of drug-likeness (QED) is 0.0431. The Hall–Kier alpha value is -2.53. The van der Waals surface area contributed by atoms with E-state index >= 15 is 0 Å². The van der Waals surface area contributed by atoms with Crippen LogP contribution in [0.3, 0.4) is 0 Å². The summed E-state index contributed by atoms with van der Waals surface area (Å²) in [7, 11) is 0. The number of nitrogens with one attached hydrogen (secondary N) is 1. The molecule has 1 fully saturated rings. The summed E-state index contributed by atoms with van der Waals surface area (Å²) in [6.07, 6.45) is 31.6. The van der Waals surface area contributed by atoms with E-state index in [1.807, 2.05) is 30.3 Å². The average Bonchev–Trinajstić information content (AvgIpc) is 3.30. The van der Waals surface area contributed by atoms with Crippen LogP contribution >= 0.6 is 0 Å². The lowest BCUT2D eigenvalue weighted by Gasteiger charge is -2.43. The number of rotatable bonds is 43. The SMILES string of the molecule is CCCCCCCCCCCCCC(=O)N[C@H]1[C@H](OCc2ccccc2)O[C@H](CO)[C@@H](O)[C@@H]1OC(=O)C[C@@H](CCCCCCCCCCC)OC(=O)CCCCCCCCCCCCC. The molecule has 0 unspecified atom stereocenters. The molecule has 0 saturated carbocycles. The molecule has 65 heavy (non-hydrogen) atoms. The van der Waals surface area contributed by atoms with Crippen molar-refractivity contribution in [3.05, 3.63) is 35.9 Å². The summed E-state index contributed by atoms with van der Waals surface area (Å²) >= 11 is 0. The Balaban J connectivity index is 2.05. The Labute approximate surface area is 396 Å². The lowest BCUT2D eigenvalue weighted by atomic mass is 9.96. The number of benzene rings is 1. The van der Waals surface area contributed by atoms with Gasteiger partial charge < -0.3 is 34.5 Å². The Bertz CT molecular complexity index is 1280. The minimum atomic E-state index is -1.44. The van der Waals surface area contributed by atoms with Gasteiger partial charge in [0.1, 0.15) is 24.4 Å². The summed E-state index contributed by atoms with van der Waals surface area (Å²) in [5.41, 5.74) is 0.872. The molecule has 1 aliphatic rings. The van der Waals surface area contributed by atoms with Gasteiger partial charge in [-0.15, -0.1) is 0 Å². The number of ether oxygens (including phenoxy) is 4. The largest absolute Gasteiger partial charge is 0.462 e. The number of aliphatic hydroxyl groups excluding tert-OH is 2. The molecule has 1 aromatic carbocycles. The van der Waals surface area contributed by atoms with Gasteiger partial charge in [0.2, 0.25) is 5.91 Å². The van der Waals surface area contributed by atoms with Crippen molar-refractivity contribution < 1.29 is 43.5 Å². The van der Waals surface area contributed by atoms with Gasteiger partial charge in [-0.3, -0.25) is 14.4 Å². The van der Waals surface area contributed by atoms with Crippen LogP contribution in [-0.4, -0.2) is 71.4 Å². The molecular weight excluding hydrogens is 819 g/mol. The molecule has 0 bridgehead atoms. The predicted octanol–water partition coefficient (Wildman–Crippen LogP) is 13.3. The smallest absolute Gasteiger partial charge is 0.310 e. The first-order valence-electron chi connectivity index (χ1n) is 27.1. The van der Waals surface area contributed by atoms with Crippen LogP contribution in [0.25, 0.3) is 0 Å². The van der Waals surface area contributed by atoms with E-state index in [0.29, 0.717) is 19.3 Å². The molecule has 1 saturated heterocycles. The van der Waals surface area contributed by atoms with Gasteiger partial charge in [0.25, 0.3) is 0 Å². The fourth-order valence-electron chi connectivity index (χ4n) is 8.91. The van der Waals surface area contributed by atoms with Crippen LogP contribution in [0.2, 0.25) is 0 Å². The van der Waals surface area contributed by atoms with E-state index in [9.17, 15) is 24.6 Å². The molecule has 2 rings (SSSR count). The molecule has 0 aliphatic carbocycles. The topological polar surface area (TPSA) is 141 Å². The summed E-state index contributed by atoms with van der Waals surface area (Å²) in [6, 6.07) is 8.48. The Morgan fingerprint density at radius 2 is 1.05 bits per heavy atom. The second-order valence-electron chi connectivity index (χ2n) is 19.1. The monoisotopic (exact) mass is 916 g/mol. The number of esters is 2. The minimum Gasteiger partial charge on any atom is -0.462 e. The maximum Gasteiger partial charge on any atom is 0.310 e. The third-order valence-corrected chi connectivity index (χ3v) is 13.0. The molecule has 6 atom stereocenters. The van der Waals surface area contributed by atoms with Gasteiger partial charge in [0, 0.05) is 12.8 Å². The predicted molar refractivity (Wildman–Crippen MR) is 263 cm³/mol. The zero-order chi connectivity index (χ0) is 47.0. The Morgan fingerprint density at radius 3 is 1.52 bits per heavy atom. The first-order chi connectivity index (χ1) is 31.8. The molecule has 10 nitrogen and oxygen atoms in total. The highest BCUT2D eigenvalue weighted by Crippen LogP contribution is 2.27. The molecule has 1 amide bonds. The van der Waals surface area contributed by atoms with E-state index in [1.54, 1.807) is 0 Å². The summed E-state index contributed by atoms with van der Waals surface area (Å²) in [6.45, 7) is 6.30. The van der Waals surface area contributed by atoms with Crippen LogP contribution in [-0.2, 0) is 39.9 Å². The normalized spacial score (nSPS) is 18.9. The summed E-state index contributed by atoms with van der Waals surface area (Å²) in [5.74, 6) is -1.20. The van der Waals surface area contributed by atoms with Gasteiger partial charge in [0.05, 0.1) is 19.6 Å². The molecule has 376 valence electrons. The van der Waals surface area contributed by atoms with Crippen molar-refractivity contribution in [1.82, 2.24) is 5.32 Å². The standard InChI is InChI=1S/C55H97NO9/c1-4-7-10-13-16-19-21-24-27-30-36-41-49(58)56-52-54(53(61)48(44-57)64-55(52)62-45-46-38-33-32-34-39-46)65-51(60)43-47(40-35-29-26-23-18-15-12-9-6-3)63-50(59)42-37-31-28-25-22-20-17-14-11-8-5-2/h32-34,38-39,47-48,52-55,57,61H,4-31,35-37,40-45H2,1-3H3,(H,56,58)/t47-,48-,52-,53-,54-,55-/m1/s1. The highest BCUT2D eigenvalue weighted by molar-refractivity contribution is 5.76. The Morgan fingerprint density at radius 1 is 0.600 bits per heavy atom. The minimum absolute atomic E-state index is 0.140. The van der Waals surface area contributed by atoms with E-state index in [2.05, 4.69) is 26.1 Å². The van der Waals surface area contributed by atoms with Crippen LogP contribution in [0, 0.1) is 0 Å². The van der Waals surface area contributed by atoms with Crippen LogP contribution in [0.5, 0.6) is 0 Å². The highest BCUT2D eigenvalue weighted by Gasteiger charge is 2.48. The maximum atomic E-state index is 13.9. The zero-order valence-corrected chi connectivity index (χ0v) is 41.8. The van der Waals surface area contributed by atoms with Crippen molar-refractivity contribution in [2.45, 2.75) is 289 Å². The van der Waals surface area contributed by atoms with E-state index < -0.39 is 49.3 Å². The zero-order valence-electron chi connectivity index (χ0n) is 41.8. The second kappa shape index (κ2) is 40.5. The van der Waals surface area contributed by atoms with Crippen LogP contribution in [0.1, 0.15) is 251 Å². The summed E-state index contributed by atoms with van der Waals surface area (Å²) in [5, 5.41) is 24.7. The number of amides is 1. The first-order valence-corrected chi connectivity index (χ1v) is 27.1. The molecule has 1 aromatic rings. The lowest BCUT2D eigenvalue weighted by molar-refractivity contribution is -0.277. The summed E-state index contributed by atoms with van der Waals surface area (Å²) in [4.78, 5) is 40.6. The molecule has 10 heteroatoms. The van der Waals surface area contributed by atoms with Crippen molar-refractivity contribution in [3.8, 4) is 0 Å². The van der Waals surface area contributed by atoms with Crippen LogP contribution in [0.4, 0.5) is 0 Å². The van der Waals surface area contributed by atoms with E-state index in [1.165, 1.54) is 135 Å². The fourth-order valence-corrected chi connectivity index (χ4v) is 8.91. The van der Waals surface area contributed by atoms with Crippen molar-refractivity contribution in [2.75, 3.05) is 6.61 Å². The number of aliphatic hydroxyl groups is 2. The Kier molecular flexibility index (Phi) is 36.5. The van der Waals surface area contributed by atoms with Gasteiger partial charge in [-0.2, -0.15) is 0 Å². The molecule has 0 aromatic heterocycles. The lowest BCUT2D eigenvalue weighted by Crippen LogP contribution is -2.65. The fraction of sp³-hybridized carbons (Fsp3) is 0.836. The number of carbonyl (C=O) groups is 3. The van der Waals surface area contributed by atoms with Gasteiger partial charge in [-0.25, -0.2) is 0 Å². The average molecular weight is 916 g/mol. The third-order valence-electron chi connectivity index (χ3n) is 13.0. The van der Waals surface area contributed by atoms with E-state index in [4.69, 9.17) is 18.9 Å². The van der Waals surface area contributed by atoms with Gasteiger partial charge in [-0.05, 0) is 31.2 Å². The molecular formula is C55H97NO9. The number of hydrogen-bond donors (Lipinski definition) is 3. The van der Waals surface area contributed by atoms with Crippen molar-refractivity contribution in [1.29, 1.82) is 0 Å². The first kappa shape index (κ1) is 58.6. The molecule has 0 spiro atoms. The number of unbranched alkanes of at least 4 members (excludes halogenated alkanes) is 28. The van der Waals surface area contributed by atoms with Gasteiger partial charge in [-0.1, -0.05) is 231 Å². The van der Waals surface area contributed by atoms with Gasteiger partial charge >= 0.3 is 11.9 Å². The summed E-state index contributed by atoms with van der Waals surface area (Å²) < 4.78 is 24.3. The second-order valence-corrected chi connectivity index (χ2v) is 19.1. The molecule has 0 radical (unpaired) electrons. The molecule has 1 aliphatic heterocycles. The molecule has 3 N–H and O–H groups in total. The maximum absolute atomic E-state index is 13.9. The number of hydrogen-bond acceptors (Lipinski definition) is 9. The van der Waals surface area contributed by atoms with Crippen molar-refractivity contribution in [3.63, 3.8) is 0 Å². The molecule has 1 heterocycles.